The standard InChI is InChI=1S/C7H14N.C2H6/c1-8(2)5-6-3-7(8)4-6;1-2/h6-7H,3-5H2,1-2H3;1-2H3/q+1;. The minimum Gasteiger partial charge on any atom is -0.326 e. The van der Waals surface area contributed by atoms with Crippen molar-refractivity contribution in [2.24, 2.45) is 5.92 Å². The van der Waals surface area contributed by atoms with E-state index in [1.807, 2.05) is 13.8 Å². The predicted molar refractivity (Wildman–Crippen MR) is 44.8 cm³/mol. The molecule has 2 heterocycles. The molecule has 0 amide bonds. The van der Waals surface area contributed by atoms with Crippen LogP contribution in [-0.4, -0.2) is 31.2 Å². The van der Waals surface area contributed by atoms with Crippen LogP contribution in [0.25, 0.3) is 0 Å². The molecule has 0 radical (unpaired) electrons. The highest BCUT2D eigenvalue weighted by molar-refractivity contribution is 4.86. The van der Waals surface area contributed by atoms with E-state index in [1.165, 1.54) is 23.9 Å². The minimum absolute atomic E-state index is 1.04. The number of nitrogens with zero attached hydrogens (tertiary/aromatic N) is 1. The first-order valence-electron chi connectivity index (χ1n) is 4.51. The van der Waals surface area contributed by atoms with Crippen molar-refractivity contribution >= 4 is 0 Å². The van der Waals surface area contributed by atoms with Crippen LogP contribution in [0.15, 0.2) is 0 Å². The Kier molecular flexibility index (Phi) is 2.04. The van der Waals surface area contributed by atoms with Crippen LogP contribution in [0, 0.1) is 5.92 Å². The summed E-state index contributed by atoms with van der Waals surface area (Å²) in [6.45, 7) is 5.45. The lowest BCUT2D eigenvalue weighted by Crippen LogP contribution is -2.41. The normalized spacial score (nSPS) is 39.6. The van der Waals surface area contributed by atoms with Gasteiger partial charge < -0.3 is 4.48 Å². The highest BCUT2D eigenvalue weighted by Crippen LogP contribution is 2.43. The molecular weight excluding hydrogens is 122 g/mol. The van der Waals surface area contributed by atoms with Crippen LogP contribution in [0.4, 0.5) is 0 Å². The predicted octanol–water partition coefficient (Wildman–Crippen LogP) is 1.88. The van der Waals surface area contributed by atoms with E-state index in [9.17, 15) is 0 Å². The van der Waals surface area contributed by atoms with Gasteiger partial charge in [-0.1, -0.05) is 13.8 Å². The Hall–Kier alpha value is -0.0400. The van der Waals surface area contributed by atoms with Gasteiger partial charge in [-0.15, -0.1) is 0 Å². The van der Waals surface area contributed by atoms with E-state index in [2.05, 4.69) is 14.1 Å². The first-order valence-corrected chi connectivity index (χ1v) is 4.51. The van der Waals surface area contributed by atoms with Gasteiger partial charge in [0.05, 0.1) is 26.7 Å². The molecule has 3 fully saturated rings. The van der Waals surface area contributed by atoms with E-state index < -0.39 is 0 Å². The van der Waals surface area contributed by atoms with E-state index in [0.717, 1.165) is 12.0 Å². The zero-order valence-corrected chi connectivity index (χ0v) is 7.72. The first kappa shape index (κ1) is 8.06. The average Bonchev–Trinajstić information content (AvgIpc) is 2.21. The molecule has 0 aromatic carbocycles. The van der Waals surface area contributed by atoms with Crippen molar-refractivity contribution in [3.63, 3.8) is 0 Å². The molecule has 2 bridgehead atoms. The van der Waals surface area contributed by atoms with Gasteiger partial charge in [-0.3, -0.25) is 0 Å². The zero-order chi connectivity index (χ0) is 7.78. The molecule has 2 aliphatic heterocycles. The summed E-state index contributed by atoms with van der Waals surface area (Å²) in [5.41, 5.74) is 0. The minimum atomic E-state index is 1.04. The van der Waals surface area contributed by atoms with Crippen LogP contribution in [-0.2, 0) is 0 Å². The Labute approximate surface area is 64.6 Å². The third kappa shape index (κ3) is 1.07. The molecule has 3 aliphatic rings. The summed E-state index contributed by atoms with van der Waals surface area (Å²) in [6.07, 6.45) is 3.04. The quantitative estimate of drug-likeness (QED) is 0.453. The fraction of sp³-hybridized carbons (Fsp3) is 1.00. The lowest BCUT2D eigenvalue weighted by molar-refractivity contribution is -0.893. The second kappa shape index (κ2) is 2.54. The molecule has 2 saturated heterocycles. The SMILES string of the molecule is CC.C[N+]1(C)CC2CC1C2. The Morgan fingerprint density at radius 2 is 1.60 bits per heavy atom. The summed E-state index contributed by atoms with van der Waals surface area (Å²) in [5.74, 6) is 1.11. The van der Waals surface area contributed by atoms with Gasteiger partial charge in [0, 0.05) is 18.8 Å². The number of hydrogen-bond acceptors (Lipinski definition) is 0. The van der Waals surface area contributed by atoms with Gasteiger partial charge in [0.15, 0.2) is 0 Å². The van der Waals surface area contributed by atoms with E-state index in [1.54, 1.807) is 0 Å². The second-order valence-electron chi connectivity index (χ2n) is 3.95. The summed E-state index contributed by atoms with van der Waals surface area (Å²) < 4.78 is 1.31. The maximum absolute atomic E-state index is 2.36. The van der Waals surface area contributed by atoms with E-state index in [0.29, 0.717) is 0 Å². The number of hydrogen-bond donors (Lipinski definition) is 0. The number of quaternary nitrogens is 1. The molecule has 0 aromatic rings. The van der Waals surface area contributed by atoms with Gasteiger partial charge in [-0.25, -0.2) is 0 Å². The van der Waals surface area contributed by atoms with Gasteiger partial charge in [-0.2, -0.15) is 0 Å². The van der Waals surface area contributed by atoms with Crippen molar-refractivity contribution in [3.8, 4) is 0 Å². The third-order valence-electron chi connectivity index (χ3n) is 2.93. The van der Waals surface area contributed by atoms with Crippen molar-refractivity contribution in [2.75, 3.05) is 20.6 Å². The van der Waals surface area contributed by atoms with Gasteiger partial charge in [0.2, 0.25) is 0 Å². The summed E-state index contributed by atoms with van der Waals surface area (Å²) in [7, 11) is 4.72. The second-order valence-corrected chi connectivity index (χ2v) is 3.95. The molecule has 1 heteroatoms. The highest BCUT2D eigenvalue weighted by atomic mass is 15.4. The van der Waals surface area contributed by atoms with Crippen LogP contribution in [0.5, 0.6) is 0 Å². The fourth-order valence-electron chi connectivity index (χ4n) is 2.23. The van der Waals surface area contributed by atoms with Crippen molar-refractivity contribution in [3.05, 3.63) is 0 Å². The third-order valence-corrected chi connectivity index (χ3v) is 2.93. The number of fused-ring (bicyclic) bond motifs is 1. The molecule has 1 nitrogen and oxygen atoms in total. The molecule has 1 aliphatic carbocycles. The molecule has 0 unspecified atom stereocenters. The highest BCUT2D eigenvalue weighted by Gasteiger charge is 2.50. The Morgan fingerprint density at radius 1 is 1.10 bits per heavy atom. The Morgan fingerprint density at radius 3 is 1.70 bits per heavy atom. The van der Waals surface area contributed by atoms with Crippen LogP contribution in [0.1, 0.15) is 26.7 Å². The lowest BCUT2D eigenvalue weighted by Gasteiger charge is -2.29. The molecule has 60 valence electrons. The van der Waals surface area contributed by atoms with E-state index >= 15 is 0 Å². The summed E-state index contributed by atoms with van der Waals surface area (Å²) in [4.78, 5) is 0. The van der Waals surface area contributed by atoms with E-state index in [4.69, 9.17) is 0 Å². The molecule has 1 saturated carbocycles. The molecular formula is C9H20N+. The summed E-state index contributed by atoms with van der Waals surface area (Å²) in [5, 5.41) is 0. The summed E-state index contributed by atoms with van der Waals surface area (Å²) >= 11 is 0. The van der Waals surface area contributed by atoms with Crippen molar-refractivity contribution in [2.45, 2.75) is 32.7 Å². The Balaban J connectivity index is 0.000000231. The molecule has 10 heavy (non-hydrogen) atoms. The zero-order valence-electron chi connectivity index (χ0n) is 7.72. The first-order chi connectivity index (χ1) is 4.68. The van der Waals surface area contributed by atoms with Crippen LogP contribution < -0.4 is 0 Å². The van der Waals surface area contributed by atoms with Crippen molar-refractivity contribution in [1.82, 2.24) is 0 Å². The van der Waals surface area contributed by atoms with Gasteiger partial charge in [0.1, 0.15) is 0 Å². The molecule has 0 atom stereocenters. The molecule has 0 spiro atoms. The molecule has 3 rings (SSSR count). The van der Waals surface area contributed by atoms with Crippen LogP contribution in [0.3, 0.4) is 0 Å². The smallest absolute Gasteiger partial charge is 0.0896 e. The monoisotopic (exact) mass is 142 g/mol. The fourth-order valence-corrected chi connectivity index (χ4v) is 2.23. The number of rotatable bonds is 0. The van der Waals surface area contributed by atoms with Crippen LogP contribution >= 0.6 is 0 Å². The van der Waals surface area contributed by atoms with Gasteiger partial charge >= 0.3 is 0 Å². The largest absolute Gasteiger partial charge is 0.326 e. The van der Waals surface area contributed by atoms with Gasteiger partial charge in [-0.05, 0) is 0 Å². The molecule has 0 N–H and O–H groups in total. The topological polar surface area (TPSA) is 0 Å². The maximum atomic E-state index is 2.36. The van der Waals surface area contributed by atoms with Crippen molar-refractivity contribution in [1.29, 1.82) is 0 Å². The maximum Gasteiger partial charge on any atom is 0.0896 e. The lowest BCUT2D eigenvalue weighted by atomic mass is 9.86. The molecule has 0 aromatic heterocycles. The summed E-state index contributed by atoms with van der Waals surface area (Å²) in [6, 6.07) is 1.04. The van der Waals surface area contributed by atoms with E-state index in [-0.39, 0.29) is 0 Å². The van der Waals surface area contributed by atoms with Crippen molar-refractivity contribution < 1.29 is 4.48 Å². The Bertz CT molecular complexity index is 112. The average molecular weight is 142 g/mol. The van der Waals surface area contributed by atoms with Gasteiger partial charge in [0.25, 0.3) is 0 Å². The van der Waals surface area contributed by atoms with Crippen LogP contribution in [0.2, 0.25) is 0 Å².